The summed E-state index contributed by atoms with van der Waals surface area (Å²) in [5, 5.41) is 0.147. The van der Waals surface area contributed by atoms with Gasteiger partial charge in [0.25, 0.3) is 0 Å². The van der Waals surface area contributed by atoms with Crippen molar-refractivity contribution in [2.75, 3.05) is 26.9 Å². The highest BCUT2D eigenvalue weighted by molar-refractivity contribution is 5.94. The fourth-order valence-corrected chi connectivity index (χ4v) is 2.71. The van der Waals surface area contributed by atoms with Crippen LogP contribution in [-0.2, 0) is 9.47 Å². The monoisotopic (exact) mass is 349 g/mol. The molecular weight excluding hydrogens is 329 g/mol. The van der Waals surface area contributed by atoms with Crippen molar-refractivity contribution in [3.8, 4) is 5.75 Å². The van der Waals surface area contributed by atoms with Crippen LogP contribution in [0.25, 0.3) is 10.9 Å². The molecule has 134 valence electrons. The van der Waals surface area contributed by atoms with E-state index in [0.29, 0.717) is 12.1 Å². The van der Waals surface area contributed by atoms with Gasteiger partial charge in [0.15, 0.2) is 11.6 Å². The van der Waals surface area contributed by atoms with E-state index in [2.05, 4.69) is 0 Å². The fraction of sp³-hybridized carbons (Fsp3) is 0.444. The van der Waals surface area contributed by atoms with Crippen LogP contribution in [0, 0.1) is 5.82 Å². The molecule has 2 aromatic rings. The molecule has 0 unspecified atom stereocenters. The van der Waals surface area contributed by atoms with Crippen molar-refractivity contribution in [3.63, 3.8) is 0 Å². The maximum absolute atomic E-state index is 14.2. The quantitative estimate of drug-likeness (QED) is 0.568. The average molecular weight is 349 g/mol. The Morgan fingerprint density at radius 1 is 1.32 bits per heavy atom. The molecule has 3 rings (SSSR count). The van der Waals surface area contributed by atoms with Crippen molar-refractivity contribution in [2.45, 2.75) is 25.8 Å². The summed E-state index contributed by atoms with van der Waals surface area (Å²) in [6.07, 6.45) is 3.39. The highest BCUT2D eigenvalue weighted by atomic mass is 19.1. The molecule has 0 amide bonds. The van der Waals surface area contributed by atoms with E-state index in [9.17, 15) is 14.0 Å². The van der Waals surface area contributed by atoms with Crippen molar-refractivity contribution >= 4 is 16.9 Å². The lowest BCUT2D eigenvalue weighted by molar-refractivity contribution is 0.0386. The second-order valence-electron chi connectivity index (χ2n) is 5.87. The molecule has 1 aromatic heterocycles. The normalized spacial score (nSPS) is 13.9. The smallest absolute Gasteiger partial charge is 0.343 e. The van der Waals surface area contributed by atoms with E-state index in [1.54, 1.807) is 6.92 Å². The number of aromatic nitrogens is 1. The zero-order valence-electron chi connectivity index (χ0n) is 14.2. The maximum atomic E-state index is 14.2. The summed E-state index contributed by atoms with van der Waals surface area (Å²) in [4.78, 5) is 24.9. The van der Waals surface area contributed by atoms with Crippen LogP contribution in [0.15, 0.2) is 23.1 Å². The molecule has 0 spiro atoms. The molecule has 1 aliphatic rings. The molecule has 0 aliphatic heterocycles. The first-order valence-electron chi connectivity index (χ1n) is 8.24. The Morgan fingerprint density at radius 3 is 2.72 bits per heavy atom. The van der Waals surface area contributed by atoms with Gasteiger partial charge in [-0.2, -0.15) is 0 Å². The standard InChI is InChI=1S/C18H20FNO5/c1-3-24-16-9-15-12(8-14(16)19)17(21)13(10-20(15)11-4-5-11)18(22)25-7-6-23-2/h8-11H,3-7H2,1-2H3. The molecule has 7 heteroatoms. The first-order valence-corrected chi connectivity index (χ1v) is 8.24. The van der Waals surface area contributed by atoms with Crippen LogP contribution >= 0.6 is 0 Å². The Hall–Kier alpha value is -2.41. The van der Waals surface area contributed by atoms with Crippen molar-refractivity contribution in [1.82, 2.24) is 4.57 Å². The Morgan fingerprint density at radius 2 is 2.08 bits per heavy atom. The Labute approximate surface area is 144 Å². The second kappa shape index (κ2) is 7.23. The SMILES string of the molecule is CCOc1cc2c(cc1F)c(=O)c(C(=O)OCCOC)cn2C1CC1. The summed E-state index contributed by atoms with van der Waals surface area (Å²) in [6.45, 7) is 2.37. The minimum Gasteiger partial charge on any atom is -0.491 e. The molecule has 1 aliphatic carbocycles. The highest BCUT2D eigenvalue weighted by Gasteiger charge is 2.28. The van der Waals surface area contributed by atoms with Crippen LogP contribution in [0.1, 0.15) is 36.2 Å². The van der Waals surface area contributed by atoms with Crippen LogP contribution in [0.4, 0.5) is 4.39 Å². The highest BCUT2D eigenvalue weighted by Crippen LogP contribution is 2.38. The number of nitrogens with zero attached hydrogens (tertiary/aromatic N) is 1. The van der Waals surface area contributed by atoms with Gasteiger partial charge in [-0.3, -0.25) is 4.79 Å². The number of ether oxygens (including phenoxy) is 3. The van der Waals surface area contributed by atoms with E-state index in [-0.39, 0.29) is 36.0 Å². The van der Waals surface area contributed by atoms with E-state index >= 15 is 0 Å². The average Bonchev–Trinajstić information content (AvgIpc) is 3.42. The Balaban J connectivity index is 2.11. The van der Waals surface area contributed by atoms with Gasteiger partial charge in [0.2, 0.25) is 5.43 Å². The number of benzene rings is 1. The number of rotatable bonds is 7. The number of hydrogen-bond acceptors (Lipinski definition) is 5. The number of hydrogen-bond donors (Lipinski definition) is 0. The van der Waals surface area contributed by atoms with Gasteiger partial charge in [0, 0.05) is 30.8 Å². The number of halogens is 1. The maximum Gasteiger partial charge on any atom is 0.343 e. The molecular formula is C18H20FNO5. The van der Waals surface area contributed by atoms with Crippen molar-refractivity contribution in [1.29, 1.82) is 0 Å². The lowest BCUT2D eigenvalue weighted by Crippen LogP contribution is -2.22. The third kappa shape index (κ3) is 3.51. The van der Waals surface area contributed by atoms with Crippen LogP contribution in [0.3, 0.4) is 0 Å². The molecule has 25 heavy (non-hydrogen) atoms. The largest absolute Gasteiger partial charge is 0.491 e. The number of carbonyl (C=O) groups is 1. The summed E-state index contributed by atoms with van der Waals surface area (Å²) in [6, 6.07) is 2.84. The Kier molecular flexibility index (Phi) is 5.03. The molecule has 1 saturated carbocycles. The van der Waals surface area contributed by atoms with Crippen molar-refractivity contribution in [2.24, 2.45) is 0 Å². The zero-order chi connectivity index (χ0) is 18.0. The van der Waals surface area contributed by atoms with Gasteiger partial charge in [-0.25, -0.2) is 9.18 Å². The van der Waals surface area contributed by atoms with Gasteiger partial charge in [0.1, 0.15) is 12.2 Å². The predicted molar refractivity (Wildman–Crippen MR) is 89.8 cm³/mol. The summed E-state index contributed by atoms with van der Waals surface area (Å²) >= 11 is 0. The first-order chi connectivity index (χ1) is 12.1. The molecule has 0 radical (unpaired) electrons. The van der Waals surface area contributed by atoms with E-state index in [4.69, 9.17) is 14.2 Å². The van der Waals surface area contributed by atoms with Gasteiger partial charge in [0.05, 0.1) is 18.7 Å². The third-order valence-electron chi connectivity index (χ3n) is 4.07. The minimum absolute atomic E-state index is 0.0495. The lowest BCUT2D eigenvalue weighted by Gasteiger charge is -2.14. The number of methoxy groups -OCH3 is 1. The molecule has 0 N–H and O–H groups in total. The summed E-state index contributed by atoms with van der Waals surface area (Å²) in [5.41, 5.74) is -0.0823. The van der Waals surface area contributed by atoms with Crippen LogP contribution in [0.5, 0.6) is 5.75 Å². The third-order valence-corrected chi connectivity index (χ3v) is 4.07. The molecule has 0 saturated heterocycles. The molecule has 0 atom stereocenters. The zero-order valence-corrected chi connectivity index (χ0v) is 14.2. The number of fused-ring (bicyclic) bond motifs is 1. The fourth-order valence-electron chi connectivity index (χ4n) is 2.71. The van der Waals surface area contributed by atoms with E-state index < -0.39 is 17.2 Å². The minimum atomic E-state index is -0.729. The first kappa shape index (κ1) is 17.4. The number of pyridine rings is 1. The Bertz CT molecular complexity index is 857. The summed E-state index contributed by atoms with van der Waals surface area (Å²) < 4.78 is 31.2. The van der Waals surface area contributed by atoms with E-state index in [1.165, 1.54) is 19.4 Å². The van der Waals surface area contributed by atoms with Crippen molar-refractivity contribution in [3.05, 3.63) is 39.9 Å². The molecule has 6 nitrogen and oxygen atoms in total. The molecule has 1 fully saturated rings. The number of esters is 1. The van der Waals surface area contributed by atoms with Crippen LogP contribution in [-0.4, -0.2) is 37.5 Å². The number of carbonyl (C=O) groups excluding carboxylic acids is 1. The van der Waals surface area contributed by atoms with Gasteiger partial charge in [-0.1, -0.05) is 0 Å². The van der Waals surface area contributed by atoms with Crippen LogP contribution < -0.4 is 10.2 Å². The summed E-state index contributed by atoms with van der Waals surface area (Å²) in [5.74, 6) is -1.26. The lowest BCUT2D eigenvalue weighted by atomic mass is 10.1. The van der Waals surface area contributed by atoms with Gasteiger partial charge in [-0.15, -0.1) is 0 Å². The van der Waals surface area contributed by atoms with Crippen molar-refractivity contribution < 1.29 is 23.4 Å². The van der Waals surface area contributed by atoms with E-state index in [0.717, 1.165) is 18.9 Å². The predicted octanol–water partition coefficient (Wildman–Crippen LogP) is 2.68. The molecule has 0 bridgehead atoms. The molecule has 1 aromatic carbocycles. The van der Waals surface area contributed by atoms with Gasteiger partial charge < -0.3 is 18.8 Å². The topological polar surface area (TPSA) is 66.8 Å². The van der Waals surface area contributed by atoms with Crippen LogP contribution in [0.2, 0.25) is 0 Å². The van der Waals surface area contributed by atoms with Gasteiger partial charge >= 0.3 is 5.97 Å². The molecule has 1 heterocycles. The summed E-state index contributed by atoms with van der Waals surface area (Å²) in [7, 11) is 1.49. The van der Waals surface area contributed by atoms with Gasteiger partial charge in [-0.05, 0) is 25.8 Å². The second-order valence-corrected chi connectivity index (χ2v) is 5.87. The van der Waals surface area contributed by atoms with E-state index in [1.807, 2.05) is 4.57 Å².